The number of nitrogens with zero attached hydrogens (tertiary/aromatic N) is 2. The van der Waals surface area contributed by atoms with E-state index < -0.39 is 29.9 Å². The van der Waals surface area contributed by atoms with Crippen molar-refractivity contribution in [2.75, 3.05) is 10.9 Å². The van der Waals surface area contributed by atoms with Crippen molar-refractivity contribution in [3.05, 3.63) is 75.4 Å². The first-order chi connectivity index (χ1) is 16.3. The van der Waals surface area contributed by atoms with Gasteiger partial charge in [0.05, 0.1) is 22.4 Å². The molecule has 2 aromatic carbocycles. The molecule has 1 N–H and O–H groups in total. The van der Waals surface area contributed by atoms with Gasteiger partial charge in [0, 0.05) is 16.3 Å². The van der Waals surface area contributed by atoms with Crippen LogP contribution in [0.4, 0.5) is 5.69 Å². The third kappa shape index (κ3) is 5.52. The SMILES string of the molecule is O=C(O)COc1cccc2c1CCCC2N(c1cnc(Oc2cccc(Cl)c2)c(Br)c1)S(=O)[O-]. The van der Waals surface area contributed by atoms with Crippen LogP contribution in [0.2, 0.25) is 5.02 Å². The maximum atomic E-state index is 12.4. The molecule has 1 heterocycles. The fourth-order valence-corrected chi connectivity index (χ4v) is 5.23. The number of aromatic nitrogens is 1. The van der Waals surface area contributed by atoms with E-state index in [0.29, 0.717) is 45.9 Å². The Hall–Kier alpha value is -2.66. The van der Waals surface area contributed by atoms with Gasteiger partial charge in [0.1, 0.15) is 11.5 Å². The summed E-state index contributed by atoms with van der Waals surface area (Å²) in [4.78, 5) is 15.2. The van der Waals surface area contributed by atoms with E-state index in [9.17, 15) is 13.6 Å². The van der Waals surface area contributed by atoms with Crippen molar-refractivity contribution in [3.8, 4) is 17.4 Å². The zero-order valence-corrected chi connectivity index (χ0v) is 20.8. The van der Waals surface area contributed by atoms with Gasteiger partial charge in [0.2, 0.25) is 5.88 Å². The number of rotatable bonds is 8. The zero-order valence-electron chi connectivity index (χ0n) is 17.6. The van der Waals surface area contributed by atoms with E-state index in [4.69, 9.17) is 26.2 Å². The van der Waals surface area contributed by atoms with E-state index in [1.165, 1.54) is 10.5 Å². The van der Waals surface area contributed by atoms with Gasteiger partial charge in [0.25, 0.3) is 0 Å². The van der Waals surface area contributed by atoms with Gasteiger partial charge in [-0.25, -0.2) is 9.78 Å². The van der Waals surface area contributed by atoms with Gasteiger partial charge < -0.3 is 19.1 Å². The molecule has 2 unspecified atom stereocenters. The van der Waals surface area contributed by atoms with Gasteiger partial charge in [-0.3, -0.25) is 8.51 Å². The highest BCUT2D eigenvalue weighted by atomic mass is 79.9. The molecule has 11 heteroatoms. The lowest BCUT2D eigenvalue weighted by Crippen LogP contribution is -2.33. The molecule has 3 aromatic rings. The van der Waals surface area contributed by atoms with Crippen LogP contribution < -0.4 is 13.8 Å². The highest BCUT2D eigenvalue weighted by Gasteiger charge is 2.30. The molecule has 0 bridgehead atoms. The number of benzene rings is 2. The molecule has 0 radical (unpaired) electrons. The highest BCUT2D eigenvalue weighted by Crippen LogP contribution is 2.42. The van der Waals surface area contributed by atoms with Crippen molar-refractivity contribution in [3.63, 3.8) is 0 Å². The van der Waals surface area contributed by atoms with Crippen LogP contribution in [-0.2, 0) is 22.5 Å². The number of ether oxygens (including phenoxy) is 2. The molecule has 0 saturated carbocycles. The molecular formula is C23H19BrClN2O6S-. The first-order valence-corrected chi connectivity index (χ1v) is 12.5. The van der Waals surface area contributed by atoms with Crippen molar-refractivity contribution in [2.45, 2.75) is 25.3 Å². The van der Waals surface area contributed by atoms with E-state index in [1.807, 2.05) is 6.07 Å². The summed E-state index contributed by atoms with van der Waals surface area (Å²) >= 11 is 6.82. The number of carbonyl (C=O) groups is 1. The summed E-state index contributed by atoms with van der Waals surface area (Å²) < 4.78 is 37.7. The summed E-state index contributed by atoms with van der Waals surface area (Å²) in [5, 5.41) is 9.47. The molecule has 0 saturated heterocycles. The fourth-order valence-electron chi connectivity index (χ4n) is 3.93. The van der Waals surface area contributed by atoms with Crippen LogP contribution in [0.1, 0.15) is 30.0 Å². The average molecular weight is 567 g/mol. The van der Waals surface area contributed by atoms with Crippen LogP contribution in [0.5, 0.6) is 17.4 Å². The number of pyridine rings is 1. The van der Waals surface area contributed by atoms with E-state index in [2.05, 4.69) is 20.9 Å². The van der Waals surface area contributed by atoms with E-state index >= 15 is 0 Å². The number of carboxylic acids is 1. The van der Waals surface area contributed by atoms with Crippen LogP contribution in [0.3, 0.4) is 0 Å². The molecule has 0 amide bonds. The Balaban J connectivity index is 1.65. The Bertz CT molecular complexity index is 1240. The third-order valence-electron chi connectivity index (χ3n) is 5.29. The van der Waals surface area contributed by atoms with Crippen molar-refractivity contribution in [1.29, 1.82) is 0 Å². The molecule has 1 aliphatic carbocycles. The molecule has 4 rings (SSSR count). The number of aliphatic carboxylic acids is 1. The molecule has 1 aliphatic rings. The predicted molar refractivity (Wildman–Crippen MR) is 130 cm³/mol. The molecular weight excluding hydrogens is 548 g/mol. The van der Waals surface area contributed by atoms with Crippen LogP contribution in [0.25, 0.3) is 0 Å². The van der Waals surface area contributed by atoms with Gasteiger partial charge in [0.15, 0.2) is 6.61 Å². The summed E-state index contributed by atoms with van der Waals surface area (Å²) in [6.07, 6.45) is 3.39. The molecule has 178 valence electrons. The second kappa shape index (κ2) is 10.7. The highest BCUT2D eigenvalue weighted by molar-refractivity contribution is 9.10. The van der Waals surface area contributed by atoms with Crippen molar-refractivity contribution >= 4 is 50.5 Å². The van der Waals surface area contributed by atoms with Gasteiger partial charge in [-0.15, -0.1) is 0 Å². The molecule has 0 spiro atoms. The Kier molecular flexibility index (Phi) is 7.72. The number of carboxylic acid groups (broad SMARTS) is 1. The summed E-state index contributed by atoms with van der Waals surface area (Å²) in [7, 11) is 0. The van der Waals surface area contributed by atoms with Crippen LogP contribution in [-0.4, -0.2) is 31.4 Å². The number of anilines is 1. The maximum Gasteiger partial charge on any atom is 0.341 e. The Labute approximate surface area is 212 Å². The topological polar surface area (TPSA) is 112 Å². The standard InChI is InChI=1S/C23H20BrClN2O6S/c24-19-11-15(12-26-23(19)33-16-5-1-4-14(25)10-16)27(34(30)31)20-8-2-7-18-17(20)6-3-9-21(18)32-13-22(28)29/h1,3-6,9-12,20H,2,7-8,13H2,(H,28,29)(H,30,31)/p-1. The first kappa shape index (κ1) is 24.5. The van der Waals surface area contributed by atoms with Crippen molar-refractivity contribution in [1.82, 2.24) is 4.98 Å². The quantitative estimate of drug-likeness (QED) is 0.362. The number of hydrogen-bond donors (Lipinski definition) is 1. The molecule has 2 atom stereocenters. The summed E-state index contributed by atoms with van der Waals surface area (Å²) in [5.41, 5.74) is 1.94. The smallest absolute Gasteiger partial charge is 0.341 e. The van der Waals surface area contributed by atoms with Crippen molar-refractivity contribution < 1.29 is 28.1 Å². The van der Waals surface area contributed by atoms with Gasteiger partial charge in [-0.05, 0) is 76.7 Å². The lowest BCUT2D eigenvalue weighted by Gasteiger charge is -2.38. The van der Waals surface area contributed by atoms with E-state index in [1.54, 1.807) is 42.5 Å². The largest absolute Gasteiger partial charge is 0.755 e. The fraction of sp³-hybridized carbons (Fsp3) is 0.217. The second-order valence-electron chi connectivity index (χ2n) is 7.50. The minimum atomic E-state index is -2.60. The molecule has 0 fully saturated rings. The molecule has 0 aliphatic heterocycles. The summed E-state index contributed by atoms with van der Waals surface area (Å²) in [5.74, 6) is 0.123. The predicted octanol–water partition coefficient (Wildman–Crippen LogP) is 5.43. The summed E-state index contributed by atoms with van der Waals surface area (Å²) in [6, 6.07) is 13.2. The van der Waals surface area contributed by atoms with E-state index in [-0.39, 0.29) is 5.88 Å². The molecule has 34 heavy (non-hydrogen) atoms. The van der Waals surface area contributed by atoms with Crippen LogP contribution in [0, 0.1) is 0 Å². The normalized spacial score (nSPS) is 15.8. The monoisotopic (exact) mass is 565 g/mol. The minimum absolute atomic E-state index is 0.260. The molecule has 1 aromatic heterocycles. The lowest BCUT2D eigenvalue weighted by atomic mass is 9.87. The number of halogens is 2. The molecule has 8 nitrogen and oxygen atoms in total. The Morgan fingerprint density at radius 1 is 1.29 bits per heavy atom. The first-order valence-electron chi connectivity index (χ1n) is 10.3. The van der Waals surface area contributed by atoms with E-state index in [0.717, 1.165) is 11.1 Å². The lowest BCUT2D eigenvalue weighted by molar-refractivity contribution is -0.139. The summed E-state index contributed by atoms with van der Waals surface area (Å²) in [6.45, 7) is -0.469. The number of fused-ring (bicyclic) bond motifs is 1. The van der Waals surface area contributed by atoms with Gasteiger partial charge >= 0.3 is 5.97 Å². The second-order valence-corrected chi connectivity index (χ2v) is 9.62. The van der Waals surface area contributed by atoms with Gasteiger partial charge in [-0.2, -0.15) is 0 Å². The maximum absolute atomic E-state index is 12.4. The average Bonchev–Trinajstić information content (AvgIpc) is 2.79. The van der Waals surface area contributed by atoms with Gasteiger partial charge in [-0.1, -0.05) is 29.8 Å². The van der Waals surface area contributed by atoms with Crippen LogP contribution in [0.15, 0.2) is 59.2 Å². The number of hydrogen-bond acceptors (Lipinski definition) is 6. The third-order valence-corrected chi connectivity index (χ3v) is 6.88. The Morgan fingerprint density at radius 3 is 2.79 bits per heavy atom. The zero-order chi connectivity index (χ0) is 24.2. The van der Waals surface area contributed by atoms with Crippen LogP contribution >= 0.6 is 27.5 Å². The minimum Gasteiger partial charge on any atom is -0.755 e. The Morgan fingerprint density at radius 2 is 2.09 bits per heavy atom. The van der Waals surface area contributed by atoms with Crippen molar-refractivity contribution in [2.24, 2.45) is 0 Å².